The molecule has 0 saturated heterocycles. The summed E-state index contributed by atoms with van der Waals surface area (Å²) in [5.74, 6) is -0.471. The van der Waals surface area contributed by atoms with Gasteiger partial charge in [-0.3, -0.25) is 0 Å². The van der Waals surface area contributed by atoms with Crippen LogP contribution in [0.25, 0.3) is 0 Å². The number of aliphatic hydroxyl groups is 1. The zero-order valence-corrected chi connectivity index (χ0v) is 13.3. The van der Waals surface area contributed by atoms with Crippen LogP contribution in [0.4, 0.5) is 0 Å². The molecule has 3 N–H and O–H groups in total. The first-order valence-electron chi connectivity index (χ1n) is 6.85. The number of aliphatic hydroxyl groups excluding tert-OH is 1. The molecule has 0 aliphatic heterocycles. The Labute approximate surface area is 134 Å². The number of nitrogens with two attached hydrogens (primary N) is 1. The second kappa shape index (κ2) is 5.35. The van der Waals surface area contributed by atoms with E-state index in [-0.39, 0.29) is 4.90 Å². The third-order valence-electron chi connectivity index (χ3n) is 4.19. The molecular formula is C16H16ClNO3S. The predicted octanol–water partition coefficient (Wildman–Crippen LogP) is 1.97. The first-order valence-corrected chi connectivity index (χ1v) is 8.78. The highest BCUT2D eigenvalue weighted by atomic mass is 35.5. The van der Waals surface area contributed by atoms with E-state index in [2.05, 4.69) is 0 Å². The molecule has 0 radical (unpaired) electrons. The molecule has 2 aromatic carbocycles. The Kier molecular flexibility index (Phi) is 3.77. The lowest BCUT2D eigenvalue weighted by atomic mass is 10.1. The monoisotopic (exact) mass is 337 g/mol. The van der Waals surface area contributed by atoms with Crippen LogP contribution in [0, 0.1) is 0 Å². The number of sulfone groups is 1. The molecule has 0 aromatic heterocycles. The SMILES string of the molecule is N[C@]1(CO)[C@H](c2cccc(Cl)c2)[C@H]1S(=O)(=O)c1ccccc1. The summed E-state index contributed by atoms with van der Waals surface area (Å²) in [6, 6.07) is 15.1. The Hall–Kier alpha value is -1.40. The standard InChI is InChI=1S/C16H16ClNO3S/c17-12-6-4-5-11(9-12)14-15(16(14,18)10-19)22(20,21)13-7-2-1-3-8-13/h1-9,14-15,19H,10,18H2/t14-,15-,16-/m1/s1. The number of hydrogen-bond donors (Lipinski definition) is 2. The molecule has 1 saturated carbocycles. The van der Waals surface area contributed by atoms with Crippen molar-refractivity contribution in [2.24, 2.45) is 5.73 Å². The molecule has 3 atom stereocenters. The Morgan fingerprint density at radius 1 is 1.14 bits per heavy atom. The lowest BCUT2D eigenvalue weighted by molar-refractivity contribution is 0.253. The fraction of sp³-hybridized carbons (Fsp3) is 0.250. The van der Waals surface area contributed by atoms with Crippen LogP contribution in [0.15, 0.2) is 59.5 Å². The van der Waals surface area contributed by atoms with Crippen LogP contribution in [0.2, 0.25) is 5.02 Å². The molecule has 1 fully saturated rings. The molecule has 22 heavy (non-hydrogen) atoms. The lowest BCUT2D eigenvalue weighted by Gasteiger charge is -2.08. The normalized spacial score (nSPS) is 27.6. The van der Waals surface area contributed by atoms with E-state index in [1.165, 1.54) is 0 Å². The number of rotatable bonds is 4. The van der Waals surface area contributed by atoms with Crippen LogP contribution in [0.3, 0.4) is 0 Å². The van der Waals surface area contributed by atoms with Gasteiger partial charge in [0.05, 0.1) is 22.3 Å². The van der Waals surface area contributed by atoms with Gasteiger partial charge in [0.25, 0.3) is 0 Å². The molecule has 4 nitrogen and oxygen atoms in total. The van der Waals surface area contributed by atoms with Gasteiger partial charge in [-0.05, 0) is 29.8 Å². The van der Waals surface area contributed by atoms with Crippen molar-refractivity contribution in [3.63, 3.8) is 0 Å². The average Bonchev–Trinajstić information content (AvgIpc) is 3.16. The topological polar surface area (TPSA) is 80.4 Å². The largest absolute Gasteiger partial charge is 0.394 e. The Morgan fingerprint density at radius 3 is 2.41 bits per heavy atom. The van der Waals surface area contributed by atoms with Gasteiger partial charge < -0.3 is 10.8 Å². The van der Waals surface area contributed by atoms with Gasteiger partial charge >= 0.3 is 0 Å². The maximum absolute atomic E-state index is 12.8. The molecule has 2 aromatic rings. The maximum Gasteiger partial charge on any atom is 0.183 e. The molecule has 0 spiro atoms. The van der Waals surface area contributed by atoms with Gasteiger partial charge in [0.2, 0.25) is 0 Å². The maximum atomic E-state index is 12.8. The zero-order valence-electron chi connectivity index (χ0n) is 11.7. The number of benzene rings is 2. The molecule has 0 unspecified atom stereocenters. The van der Waals surface area contributed by atoms with Gasteiger partial charge in [-0.1, -0.05) is 41.9 Å². The summed E-state index contributed by atoms with van der Waals surface area (Å²) < 4.78 is 25.6. The molecule has 3 rings (SSSR count). The summed E-state index contributed by atoms with van der Waals surface area (Å²) in [6.45, 7) is -0.402. The number of hydrogen-bond acceptors (Lipinski definition) is 4. The zero-order chi connectivity index (χ0) is 16.0. The Balaban J connectivity index is 2.04. The summed E-state index contributed by atoms with van der Waals surface area (Å²) in [7, 11) is -3.62. The van der Waals surface area contributed by atoms with E-state index in [1.807, 2.05) is 0 Å². The highest BCUT2D eigenvalue weighted by Crippen LogP contribution is 2.55. The third kappa shape index (κ3) is 2.34. The van der Waals surface area contributed by atoms with Crippen molar-refractivity contribution in [1.29, 1.82) is 0 Å². The summed E-state index contributed by atoms with van der Waals surface area (Å²) in [5, 5.41) is 9.28. The molecular weight excluding hydrogens is 322 g/mol. The molecule has 1 aliphatic carbocycles. The minimum absolute atomic E-state index is 0.216. The predicted molar refractivity (Wildman–Crippen MR) is 85.6 cm³/mol. The van der Waals surface area contributed by atoms with Crippen LogP contribution in [-0.2, 0) is 9.84 Å². The highest BCUT2D eigenvalue weighted by Gasteiger charge is 2.69. The van der Waals surface area contributed by atoms with E-state index in [1.54, 1.807) is 54.6 Å². The van der Waals surface area contributed by atoms with Gasteiger partial charge in [0.1, 0.15) is 0 Å². The van der Waals surface area contributed by atoms with Gasteiger partial charge in [-0.2, -0.15) is 0 Å². The molecule has 0 bridgehead atoms. The van der Waals surface area contributed by atoms with Crippen molar-refractivity contribution in [3.05, 3.63) is 65.2 Å². The van der Waals surface area contributed by atoms with E-state index >= 15 is 0 Å². The van der Waals surface area contributed by atoms with Crippen molar-refractivity contribution in [2.45, 2.75) is 21.6 Å². The average molecular weight is 338 g/mol. The molecule has 0 heterocycles. The molecule has 6 heteroatoms. The van der Waals surface area contributed by atoms with Gasteiger partial charge in [0, 0.05) is 10.9 Å². The van der Waals surface area contributed by atoms with Crippen LogP contribution in [0.5, 0.6) is 0 Å². The Bertz CT molecular complexity index is 794. The van der Waals surface area contributed by atoms with E-state index in [9.17, 15) is 13.5 Å². The van der Waals surface area contributed by atoms with Crippen LogP contribution in [-0.4, -0.2) is 30.9 Å². The first kappa shape index (κ1) is 15.5. The second-order valence-electron chi connectivity index (χ2n) is 5.58. The smallest absolute Gasteiger partial charge is 0.183 e. The summed E-state index contributed by atoms with van der Waals surface area (Å²) in [5.41, 5.74) is 5.72. The quantitative estimate of drug-likeness (QED) is 0.893. The second-order valence-corrected chi connectivity index (χ2v) is 8.09. The van der Waals surface area contributed by atoms with Crippen molar-refractivity contribution < 1.29 is 13.5 Å². The molecule has 1 aliphatic rings. The van der Waals surface area contributed by atoms with Crippen molar-refractivity contribution in [1.82, 2.24) is 0 Å². The van der Waals surface area contributed by atoms with Crippen LogP contribution in [0.1, 0.15) is 11.5 Å². The lowest BCUT2D eigenvalue weighted by Crippen LogP contribution is -2.35. The van der Waals surface area contributed by atoms with E-state index in [0.717, 1.165) is 5.56 Å². The summed E-state index contributed by atoms with van der Waals surface area (Å²) in [6.07, 6.45) is 0. The van der Waals surface area contributed by atoms with Crippen LogP contribution < -0.4 is 5.73 Å². The third-order valence-corrected chi connectivity index (χ3v) is 6.73. The van der Waals surface area contributed by atoms with E-state index in [0.29, 0.717) is 5.02 Å². The summed E-state index contributed by atoms with van der Waals surface area (Å²) in [4.78, 5) is 0.216. The fourth-order valence-corrected chi connectivity index (χ4v) is 5.54. The van der Waals surface area contributed by atoms with Gasteiger partial charge in [-0.15, -0.1) is 0 Å². The fourth-order valence-electron chi connectivity index (χ4n) is 3.02. The minimum atomic E-state index is -3.62. The van der Waals surface area contributed by atoms with Crippen molar-refractivity contribution in [2.75, 3.05) is 6.61 Å². The van der Waals surface area contributed by atoms with Gasteiger partial charge in [0.15, 0.2) is 9.84 Å². The van der Waals surface area contributed by atoms with Crippen LogP contribution >= 0.6 is 11.6 Å². The van der Waals surface area contributed by atoms with E-state index < -0.39 is 33.2 Å². The minimum Gasteiger partial charge on any atom is -0.394 e. The molecule has 0 amide bonds. The summed E-state index contributed by atoms with van der Waals surface area (Å²) >= 11 is 5.98. The first-order chi connectivity index (χ1) is 10.4. The van der Waals surface area contributed by atoms with E-state index in [4.69, 9.17) is 17.3 Å². The highest BCUT2D eigenvalue weighted by molar-refractivity contribution is 7.92. The van der Waals surface area contributed by atoms with Gasteiger partial charge in [-0.25, -0.2) is 8.42 Å². The number of halogens is 1. The van der Waals surface area contributed by atoms with Crippen molar-refractivity contribution >= 4 is 21.4 Å². The Morgan fingerprint density at radius 2 is 1.82 bits per heavy atom. The molecule has 116 valence electrons. The van der Waals surface area contributed by atoms with Crippen molar-refractivity contribution in [3.8, 4) is 0 Å².